The summed E-state index contributed by atoms with van der Waals surface area (Å²) in [6.07, 6.45) is 3.30. The van der Waals surface area contributed by atoms with Crippen LogP contribution in [-0.2, 0) is 4.74 Å². The first-order chi connectivity index (χ1) is 11.7. The lowest BCUT2D eigenvalue weighted by Gasteiger charge is -2.34. The Kier molecular flexibility index (Phi) is 5.09. The maximum Gasteiger partial charge on any atom is 0.254 e. The number of amides is 1. The highest BCUT2D eigenvalue weighted by Gasteiger charge is 2.33. The molecule has 3 atom stereocenters. The van der Waals surface area contributed by atoms with Crippen molar-refractivity contribution in [2.24, 2.45) is 0 Å². The molecular weight excluding hydrogens is 312 g/mol. The van der Waals surface area contributed by atoms with Gasteiger partial charge in [0, 0.05) is 25.2 Å². The van der Waals surface area contributed by atoms with Crippen molar-refractivity contribution in [1.29, 1.82) is 0 Å². The van der Waals surface area contributed by atoms with Crippen LogP contribution in [0.15, 0.2) is 36.8 Å². The van der Waals surface area contributed by atoms with Gasteiger partial charge in [-0.1, -0.05) is 6.07 Å². The topological polar surface area (TPSA) is 117 Å². The third-order valence-corrected chi connectivity index (χ3v) is 3.86. The summed E-state index contributed by atoms with van der Waals surface area (Å²) in [7, 11) is 0. The third kappa shape index (κ3) is 3.56. The molecule has 0 aliphatic carbocycles. The maximum atomic E-state index is 12.3. The predicted molar refractivity (Wildman–Crippen MR) is 84.0 cm³/mol. The summed E-state index contributed by atoms with van der Waals surface area (Å²) in [4.78, 5) is 24.7. The Morgan fingerprint density at radius 2 is 2.08 bits per heavy atom. The van der Waals surface area contributed by atoms with Crippen molar-refractivity contribution in [3.63, 3.8) is 0 Å². The van der Waals surface area contributed by atoms with Crippen LogP contribution in [0.5, 0.6) is 0 Å². The molecule has 2 aromatic heterocycles. The van der Waals surface area contributed by atoms with E-state index in [1.807, 2.05) is 6.07 Å². The molecule has 1 aliphatic heterocycles. The van der Waals surface area contributed by atoms with E-state index in [9.17, 15) is 9.90 Å². The number of hydrogen-bond acceptors (Lipinski definition) is 7. The molecule has 1 fully saturated rings. The van der Waals surface area contributed by atoms with E-state index in [-0.39, 0.29) is 18.1 Å². The lowest BCUT2D eigenvalue weighted by atomic mass is 9.99. The van der Waals surface area contributed by atoms with Gasteiger partial charge in [0.1, 0.15) is 17.9 Å². The smallest absolute Gasteiger partial charge is 0.254 e. The van der Waals surface area contributed by atoms with Crippen molar-refractivity contribution < 1.29 is 19.7 Å². The molecule has 1 aliphatic rings. The monoisotopic (exact) mass is 330 g/mol. The highest BCUT2D eigenvalue weighted by molar-refractivity contribution is 5.93. The van der Waals surface area contributed by atoms with Gasteiger partial charge in [-0.3, -0.25) is 9.78 Å². The number of pyridine rings is 1. The number of carbonyl (C=O) groups is 1. The lowest BCUT2D eigenvalue weighted by Crippen LogP contribution is -2.54. The quantitative estimate of drug-likeness (QED) is 0.709. The molecule has 3 heterocycles. The normalized spacial score (nSPS) is 23.7. The van der Waals surface area contributed by atoms with Gasteiger partial charge >= 0.3 is 0 Å². The summed E-state index contributed by atoms with van der Waals surface area (Å²) in [5.41, 5.74) is 0.906. The van der Waals surface area contributed by atoms with Crippen LogP contribution in [0, 0.1) is 0 Å². The van der Waals surface area contributed by atoms with E-state index in [2.05, 4.69) is 20.3 Å². The Bertz CT molecular complexity index is 680. The van der Waals surface area contributed by atoms with Gasteiger partial charge in [0.25, 0.3) is 5.91 Å². The summed E-state index contributed by atoms with van der Waals surface area (Å²) in [6, 6.07) is 4.92. The molecule has 0 radical (unpaired) electrons. The van der Waals surface area contributed by atoms with Crippen LogP contribution in [0.3, 0.4) is 0 Å². The van der Waals surface area contributed by atoms with Crippen molar-refractivity contribution in [2.45, 2.75) is 24.7 Å². The van der Waals surface area contributed by atoms with Gasteiger partial charge in [0.2, 0.25) is 0 Å². The zero-order chi connectivity index (χ0) is 16.9. The largest absolute Gasteiger partial charge is 0.394 e. The SMILES string of the molecule is O=C(N[C@H]1CCO[C@H](CO)[C@H]1O)c1cnc(-c2ccccn2)nc1. The molecule has 1 amide bonds. The van der Waals surface area contributed by atoms with Crippen LogP contribution < -0.4 is 5.32 Å². The second kappa shape index (κ2) is 7.43. The number of nitrogens with zero attached hydrogens (tertiary/aromatic N) is 3. The molecule has 0 unspecified atom stereocenters. The Hall–Kier alpha value is -2.42. The van der Waals surface area contributed by atoms with Crippen LogP contribution in [-0.4, -0.2) is 62.5 Å². The van der Waals surface area contributed by atoms with E-state index >= 15 is 0 Å². The molecule has 0 aromatic carbocycles. The van der Waals surface area contributed by atoms with Gasteiger partial charge in [-0.05, 0) is 18.6 Å². The molecule has 3 N–H and O–H groups in total. The number of carbonyl (C=O) groups excluding carboxylic acids is 1. The van der Waals surface area contributed by atoms with Crippen molar-refractivity contribution in [3.05, 3.63) is 42.4 Å². The zero-order valence-corrected chi connectivity index (χ0v) is 12.9. The lowest BCUT2D eigenvalue weighted by molar-refractivity contribution is -0.107. The molecule has 3 rings (SSSR count). The van der Waals surface area contributed by atoms with E-state index in [1.165, 1.54) is 12.4 Å². The minimum absolute atomic E-state index is 0.286. The molecule has 0 saturated carbocycles. The predicted octanol–water partition coefficient (Wildman–Crippen LogP) is -0.221. The number of rotatable bonds is 4. The second-order valence-electron chi connectivity index (χ2n) is 5.46. The van der Waals surface area contributed by atoms with Crippen LogP contribution >= 0.6 is 0 Å². The molecule has 2 aromatic rings. The molecular formula is C16H18N4O4. The highest BCUT2D eigenvalue weighted by atomic mass is 16.5. The highest BCUT2D eigenvalue weighted by Crippen LogP contribution is 2.15. The summed E-state index contributed by atoms with van der Waals surface area (Å²) < 4.78 is 5.24. The van der Waals surface area contributed by atoms with Gasteiger partial charge in [0.05, 0.1) is 18.2 Å². The van der Waals surface area contributed by atoms with Crippen LogP contribution in [0.2, 0.25) is 0 Å². The van der Waals surface area contributed by atoms with Gasteiger partial charge in [0.15, 0.2) is 5.82 Å². The van der Waals surface area contributed by atoms with Crippen molar-refractivity contribution in [1.82, 2.24) is 20.3 Å². The number of aliphatic hydroxyl groups is 2. The fourth-order valence-electron chi connectivity index (χ4n) is 2.52. The van der Waals surface area contributed by atoms with Gasteiger partial charge < -0.3 is 20.3 Å². The zero-order valence-electron chi connectivity index (χ0n) is 12.9. The Labute approximate surface area is 138 Å². The van der Waals surface area contributed by atoms with Gasteiger partial charge in [-0.25, -0.2) is 9.97 Å². The van der Waals surface area contributed by atoms with E-state index in [0.717, 1.165) is 0 Å². The third-order valence-electron chi connectivity index (χ3n) is 3.86. The van der Waals surface area contributed by atoms with Crippen molar-refractivity contribution in [3.8, 4) is 11.5 Å². The Balaban J connectivity index is 1.67. The number of ether oxygens (including phenoxy) is 1. The minimum Gasteiger partial charge on any atom is -0.394 e. The van der Waals surface area contributed by atoms with Gasteiger partial charge in [-0.2, -0.15) is 0 Å². The molecule has 24 heavy (non-hydrogen) atoms. The van der Waals surface area contributed by atoms with E-state index in [1.54, 1.807) is 18.3 Å². The summed E-state index contributed by atoms with van der Waals surface area (Å²) >= 11 is 0. The fourth-order valence-corrected chi connectivity index (χ4v) is 2.52. The fraction of sp³-hybridized carbons (Fsp3) is 0.375. The summed E-state index contributed by atoms with van der Waals surface area (Å²) in [6.45, 7) is 0.0672. The van der Waals surface area contributed by atoms with Crippen LogP contribution in [0.4, 0.5) is 0 Å². The second-order valence-corrected chi connectivity index (χ2v) is 5.46. The van der Waals surface area contributed by atoms with E-state index in [4.69, 9.17) is 9.84 Å². The molecule has 126 valence electrons. The van der Waals surface area contributed by atoms with E-state index in [0.29, 0.717) is 24.5 Å². The molecule has 1 saturated heterocycles. The molecule has 0 spiro atoms. The molecule has 8 nitrogen and oxygen atoms in total. The van der Waals surface area contributed by atoms with E-state index < -0.39 is 18.2 Å². The minimum atomic E-state index is -0.957. The standard InChI is InChI=1S/C16H18N4O4/c21-9-13-14(22)11(4-6-24-13)20-16(23)10-7-18-15(19-8-10)12-3-1-2-5-17-12/h1-3,5,7-8,11,13-14,21-22H,4,6,9H2,(H,20,23)/t11-,13+,14-/m0/s1. The first-order valence-corrected chi connectivity index (χ1v) is 7.64. The number of hydrogen-bond donors (Lipinski definition) is 3. The maximum absolute atomic E-state index is 12.3. The van der Waals surface area contributed by atoms with Crippen LogP contribution in [0.25, 0.3) is 11.5 Å². The molecule has 8 heteroatoms. The summed E-state index contributed by atoms with van der Waals surface area (Å²) in [5.74, 6) is 0.0452. The number of aliphatic hydroxyl groups excluding tert-OH is 2. The van der Waals surface area contributed by atoms with Crippen LogP contribution in [0.1, 0.15) is 16.8 Å². The average Bonchev–Trinajstić information content (AvgIpc) is 2.64. The van der Waals surface area contributed by atoms with Gasteiger partial charge in [-0.15, -0.1) is 0 Å². The number of nitrogens with one attached hydrogen (secondary N) is 1. The summed E-state index contributed by atoms with van der Waals surface area (Å²) in [5, 5.41) is 22.0. The van der Waals surface area contributed by atoms with Crippen molar-refractivity contribution in [2.75, 3.05) is 13.2 Å². The average molecular weight is 330 g/mol. The first kappa shape index (κ1) is 16.4. The Morgan fingerprint density at radius 1 is 1.29 bits per heavy atom. The van der Waals surface area contributed by atoms with Crippen molar-refractivity contribution >= 4 is 5.91 Å². The first-order valence-electron chi connectivity index (χ1n) is 7.64. The molecule has 0 bridgehead atoms. The number of aromatic nitrogens is 3. The Morgan fingerprint density at radius 3 is 2.75 bits per heavy atom.